The summed E-state index contributed by atoms with van der Waals surface area (Å²) in [6.07, 6.45) is 1.95. The maximum absolute atomic E-state index is 12.4. The smallest absolute Gasteiger partial charge is 0.266 e. The number of aryl methyl sites for hydroxylation is 2. The quantitative estimate of drug-likeness (QED) is 0.459. The fraction of sp³-hybridized carbons (Fsp3) is 0.222. The minimum Gasteiger partial charge on any atom is -1.00 e. The van der Waals surface area contributed by atoms with Crippen molar-refractivity contribution in [1.82, 2.24) is 4.57 Å². The summed E-state index contributed by atoms with van der Waals surface area (Å²) >= 11 is 0. The molecule has 2 aromatic carbocycles. The van der Waals surface area contributed by atoms with Crippen molar-refractivity contribution in [2.75, 3.05) is 5.32 Å². The Kier molecular flexibility index (Phi) is 5.41. The van der Waals surface area contributed by atoms with Crippen molar-refractivity contribution in [2.45, 2.75) is 20.4 Å². The molecule has 1 heterocycles. The molecule has 0 aliphatic rings. The molecule has 0 aliphatic heterocycles. The molecule has 0 spiro atoms. The molecule has 1 amide bonds. The van der Waals surface area contributed by atoms with Crippen LogP contribution in [0.3, 0.4) is 0 Å². The minimum atomic E-state index is -0.0185. The van der Waals surface area contributed by atoms with Crippen LogP contribution in [0.1, 0.15) is 11.1 Å². The maximum atomic E-state index is 12.4. The molecule has 3 aromatic rings. The van der Waals surface area contributed by atoms with Gasteiger partial charge in [0.2, 0.25) is 6.33 Å². The van der Waals surface area contributed by atoms with Crippen molar-refractivity contribution in [2.24, 2.45) is 7.05 Å². The standard InChI is InChI=1S/C18H19N3O.HI/c1-13-7-6-8-15(14(13)2)19-18(22)11-21-12-20(3)16-9-4-5-10-17(16)21;/h4-10,12H,11H2,1-3H3;1H. The van der Waals surface area contributed by atoms with Crippen LogP contribution in [0.4, 0.5) is 5.69 Å². The van der Waals surface area contributed by atoms with Gasteiger partial charge in [-0.3, -0.25) is 4.79 Å². The van der Waals surface area contributed by atoms with Crippen molar-refractivity contribution < 1.29 is 33.3 Å². The highest BCUT2D eigenvalue weighted by Crippen LogP contribution is 2.18. The molecular weight excluding hydrogens is 401 g/mol. The number of fused-ring (bicyclic) bond motifs is 1. The third-order valence-electron chi connectivity index (χ3n) is 4.08. The molecule has 120 valence electrons. The van der Waals surface area contributed by atoms with Crippen molar-refractivity contribution in [1.29, 1.82) is 0 Å². The molecule has 3 rings (SSSR count). The Morgan fingerprint density at radius 1 is 1.13 bits per heavy atom. The second-order valence-electron chi connectivity index (χ2n) is 5.64. The van der Waals surface area contributed by atoms with Gasteiger partial charge in [-0.25, -0.2) is 9.13 Å². The fourth-order valence-corrected chi connectivity index (χ4v) is 2.70. The Labute approximate surface area is 153 Å². The van der Waals surface area contributed by atoms with E-state index in [2.05, 4.69) is 11.4 Å². The number of amides is 1. The highest BCUT2D eigenvalue weighted by molar-refractivity contribution is 5.92. The third kappa shape index (κ3) is 3.55. The first-order valence-electron chi connectivity index (χ1n) is 7.36. The zero-order valence-electron chi connectivity index (χ0n) is 13.5. The van der Waals surface area contributed by atoms with E-state index in [1.54, 1.807) is 0 Å². The van der Waals surface area contributed by atoms with Crippen LogP contribution in [0.2, 0.25) is 0 Å². The molecule has 1 aromatic heterocycles. The second-order valence-corrected chi connectivity index (χ2v) is 5.64. The number of imidazole rings is 1. The van der Waals surface area contributed by atoms with Crippen LogP contribution in [0.25, 0.3) is 11.0 Å². The molecule has 0 aliphatic carbocycles. The minimum absolute atomic E-state index is 0. The first-order valence-corrected chi connectivity index (χ1v) is 7.36. The van der Waals surface area contributed by atoms with Gasteiger partial charge in [-0.05, 0) is 43.2 Å². The summed E-state index contributed by atoms with van der Waals surface area (Å²) in [5.74, 6) is -0.0185. The van der Waals surface area contributed by atoms with Gasteiger partial charge in [-0.15, -0.1) is 0 Å². The lowest BCUT2D eigenvalue weighted by Gasteiger charge is -2.09. The van der Waals surface area contributed by atoms with Crippen LogP contribution in [0.5, 0.6) is 0 Å². The van der Waals surface area contributed by atoms with E-state index in [4.69, 9.17) is 0 Å². The lowest BCUT2D eigenvalue weighted by molar-refractivity contribution is -0.645. The number of rotatable bonds is 3. The monoisotopic (exact) mass is 421 g/mol. The molecule has 1 N–H and O–H groups in total. The summed E-state index contributed by atoms with van der Waals surface area (Å²) < 4.78 is 4.00. The molecule has 0 bridgehead atoms. The largest absolute Gasteiger partial charge is 1.00 e. The summed E-state index contributed by atoms with van der Waals surface area (Å²) in [5.41, 5.74) is 5.34. The summed E-state index contributed by atoms with van der Waals surface area (Å²) in [4.78, 5) is 12.4. The van der Waals surface area contributed by atoms with Crippen LogP contribution in [0, 0.1) is 13.8 Å². The van der Waals surface area contributed by atoms with Gasteiger partial charge < -0.3 is 29.3 Å². The maximum Gasteiger partial charge on any atom is 0.266 e. The zero-order valence-corrected chi connectivity index (χ0v) is 15.7. The number of nitrogens with zero attached hydrogens (tertiary/aromatic N) is 2. The number of benzene rings is 2. The van der Waals surface area contributed by atoms with Gasteiger partial charge in [-0.2, -0.15) is 0 Å². The Morgan fingerprint density at radius 3 is 2.65 bits per heavy atom. The molecule has 0 saturated carbocycles. The highest BCUT2D eigenvalue weighted by Gasteiger charge is 2.16. The van der Waals surface area contributed by atoms with E-state index >= 15 is 0 Å². The topological polar surface area (TPSA) is 37.9 Å². The number of halogens is 1. The summed E-state index contributed by atoms with van der Waals surface area (Å²) in [6.45, 7) is 4.37. The van der Waals surface area contributed by atoms with E-state index in [1.165, 1.54) is 5.56 Å². The van der Waals surface area contributed by atoms with E-state index in [0.717, 1.165) is 22.3 Å². The van der Waals surface area contributed by atoms with Gasteiger partial charge in [0.1, 0.15) is 0 Å². The first kappa shape index (κ1) is 17.5. The molecule has 0 saturated heterocycles. The van der Waals surface area contributed by atoms with Crippen molar-refractivity contribution in [3.05, 3.63) is 59.9 Å². The zero-order chi connectivity index (χ0) is 15.7. The van der Waals surface area contributed by atoms with E-state index in [9.17, 15) is 4.79 Å². The number of hydrogen-bond acceptors (Lipinski definition) is 1. The SMILES string of the molecule is Cc1cccc(NC(=O)Cn2c[n+](C)c3ccccc32)c1C.[I-]. The van der Waals surface area contributed by atoms with Gasteiger partial charge in [0.05, 0.1) is 7.05 Å². The lowest BCUT2D eigenvalue weighted by Crippen LogP contribution is -3.00. The van der Waals surface area contributed by atoms with Gasteiger partial charge in [0.15, 0.2) is 17.6 Å². The van der Waals surface area contributed by atoms with Crippen LogP contribution in [-0.2, 0) is 18.4 Å². The van der Waals surface area contributed by atoms with Gasteiger partial charge in [-0.1, -0.05) is 24.3 Å². The van der Waals surface area contributed by atoms with Crippen molar-refractivity contribution in [3.63, 3.8) is 0 Å². The summed E-state index contributed by atoms with van der Waals surface area (Å²) in [6, 6.07) is 14.0. The van der Waals surface area contributed by atoms with Crippen LogP contribution >= 0.6 is 0 Å². The number of carbonyl (C=O) groups excluding carboxylic acids is 1. The summed E-state index contributed by atoms with van der Waals surface area (Å²) in [7, 11) is 1.99. The number of hydrogen-bond donors (Lipinski definition) is 1. The average molecular weight is 421 g/mol. The Bertz CT molecular complexity index is 855. The van der Waals surface area contributed by atoms with Gasteiger partial charge in [0.25, 0.3) is 5.91 Å². The second kappa shape index (κ2) is 7.12. The van der Waals surface area contributed by atoms with E-state index < -0.39 is 0 Å². The molecule has 0 atom stereocenters. The Hall–Kier alpha value is -1.89. The number of nitrogens with one attached hydrogen (secondary N) is 1. The first-order chi connectivity index (χ1) is 10.6. The molecule has 5 heteroatoms. The number of anilines is 1. The molecule has 0 fully saturated rings. The van der Waals surface area contributed by atoms with Crippen molar-refractivity contribution in [3.8, 4) is 0 Å². The normalized spacial score (nSPS) is 10.4. The number of carbonyl (C=O) groups is 1. The third-order valence-corrected chi connectivity index (χ3v) is 4.08. The van der Waals surface area contributed by atoms with E-state index in [1.807, 2.05) is 72.8 Å². The molecule has 0 unspecified atom stereocenters. The summed E-state index contributed by atoms with van der Waals surface area (Å²) in [5, 5.41) is 3.00. The molecule has 23 heavy (non-hydrogen) atoms. The van der Waals surface area contributed by atoms with Gasteiger partial charge in [0, 0.05) is 5.69 Å². The van der Waals surface area contributed by atoms with Gasteiger partial charge >= 0.3 is 0 Å². The van der Waals surface area contributed by atoms with E-state index in [-0.39, 0.29) is 29.9 Å². The van der Waals surface area contributed by atoms with Crippen molar-refractivity contribution >= 4 is 22.6 Å². The average Bonchev–Trinajstić information content (AvgIpc) is 2.81. The Balaban J connectivity index is 0.00000192. The predicted molar refractivity (Wildman–Crippen MR) is 87.7 cm³/mol. The van der Waals surface area contributed by atoms with Crippen LogP contribution in [0.15, 0.2) is 48.8 Å². The molecule has 0 radical (unpaired) electrons. The Morgan fingerprint density at radius 2 is 1.87 bits per heavy atom. The number of para-hydroxylation sites is 2. The molecule has 4 nitrogen and oxygen atoms in total. The fourth-order valence-electron chi connectivity index (χ4n) is 2.70. The van der Waals surface area contributed by atoms with Crippen LogP contribution in [-0.4, -0.2) is 10.5 Å². The van der Waals surface area contributed by atoms with E-state index in [0.29, 0.717) is 6.54 Å². The van der Waals surface area contributed by atoms with Crippen LogP contribution < -0.4 is 33.9 Å². The lowest BCUT2D eigenvalue weighted by atomic mass is 10.1. The predicted octanol–water partition coefficient (Wildman–Crippen LogP) is -0.275. The molecular formula is C18H20IN3O. The number of aromatic nitrogens is 2. The highest BCUT2D eigenvalue weighted by atomic mass is 127.